The van der Waals surface area contributed by atoms with Gasteiger partial charge in [0.1, 0.15) is 5.54 Å². The Morgan fingerprint density at radius 1 is 1.53 bits per heavy atom. The van der Waals surface area contributed by atoms with Crippen LogP contribution in [0.25, 0.3) is 0 Å². The number of carbonyl (C=O) groups is 2. The lowest BCUT2D eigenvalue weighted by atomic mass is 9.99. The highest BCUT2D eigenvalue weighted by Gasteiger charge is 2.32. The maximum absolute atomic E-state index is 11.6. The van der Waals surface area contributed by atoms with Gasteiger partial charge in [-0.1, -0.05) is 6.92 Å². The van der Waals surface area contributed by atoms with Gasteiger partial charge in [-0.25, -0.2) is 4.79 Å². The molecule has 0 fully saturated rings. The van der Waals surface area contributed by atoms with Gasteiger partial charge in [0.25, 0.3) is 0 Å². The van der Waals surface area contributed by atoms with Crippen LogP contribution in [0.4, 0.5) is 0 Å². The van der Waals surface area contributed by atoms with Crippen molar-refractivity contribution in [1.82, 2.24) is 15.1 Å². The average Bonchev–Trinajstić information content (AvgIpc) is 2.78. The SMILES string of the molecule is CCC(C)(NC(=O)CCn1cccn1)C(=O)O. The second-order valence-corrected chi connectivity index (χ2v) is 4.06. The zero-order valence-electron chi connectivity index (χ0n) is 10.0. The van der Waals surface area contributed by atoms with E-state index in [4.69, 9.17) is 5.11 Å². The minimum absolute atomic E-state index is 0.213. The van der Waals surface area contributed by atoms with Crippen molar-refractivity contribution < 1.29 is 14.7 Å². The first-order valence-corrected chi connectivity index (χ1v) is 5.50. The predicted molar refractivity (Wildman–Crippen MR) is 61.3 cm³/mol. The summed E-state index contributed by atoms with van der Waals surface area (Å²) in [6.07, 6.45) is 3.94. The third-order valence-corrected chi connectivity index (χ3v) is 2.72. The number of hydrogen-bond acceptors (Lipinski definition) is 3. The molecule has 1 aromatic rings. The van der Waals surface area contributed by atoms with Crippen LogP contribution in [0, 0.1) is 0 Å². The van der Waals surface area contributed by atoms with Crippen LogP contribution in [0.3, 0.4) is 0 Å². The van der Waals surface area contributed by atoms with Gasteiger partial charge in [-0.15, -0.1) is 0 Å². The second-order valence-electron chi connectivity index (χ2n) is 4.06. The van der Waals surface area contributed by atoms with Crippen LogP contribution in [0.5, 0.6) is 0 Å². The number of rotatable bonds is 6. The number of aryl methyl sites for hydroxylation is 1. The summed E-state index contributed by atoms with van der Waals surface area (Å²) in [5.41, 5.74) is -1.19. The van der Waals surface area contributed by atoms with E-state index in [9.17, 15) is 9.59 Å². The summed E-state index contributed by atoms with van der Waals surface area (Å²) in [6, 6.07) is 1.77. The number of nitrogens with zero attached hydrogens (tertiary/aromatic N) is 2. The fourth-order valence-electron chi connectivity index (χ4n) is 1.31. The van der Waals surface area contributed by atoms with E-state index in [0.717, 1.165) is 0 Å². The van der Waals surface area contributed by atoms with Crippen LogP contribution in [-0.2, 0) is 16.1 Å². The van der Waals surface area contributed by atoms with Gasteiger partial charge in [-0.05, 0) is 19.4 Å². The number of carboxylic acids is 1. The molecule has 1 atom stereocenters. The molecule has 2 N–H and O–H groups in total. The first kappa shape index (κ1) is 13.2. The van der Waals surface area contributed by atoms with Crippen LogP contribution in [0.15, 0.2) is 18.5 Å². The highest BCUT2D eigenvalue weighted by Crippen LogP contribution is 2.09. The molecule has 17 heavy (non-hydrogen) atoms. The van der Waals surface area contributed by atoms with Gasteiger partial charge in [0.05, 0.1) is 0 Å². The maximum Gasteiger partial charge on any atom is 0.329 e. The molecule has 0 aliphatic carbocycles. The number of aromatic nitrogens is 2. The Bertz CT molecular complexity index is 389. The first-order chi connectivity index (χ1) is 7.98. The predicted octanol–water partition coefficient (Wildman–Crippen LogP) is 0.643. The number of aliphatic carboxylic acids is 1. The van der Waals surface area contributed by atoms with E-state index in [1.54, 1.807) is 30.1 Å². The molecule has 1 amide bonds. The van der Waals surface area contributed by atoms with Crippen molar-refractivity contribution in [2.24, 2.45) is 0 Å². The van der Waals surface area contributed by atoms with Crippen molar-refractivity contribution >= 4 is 11.9 Å². The van der Waals surface area contributed by atoms with Crippen LogP contribution in [0.2, 0.25) is 0 Å². The monoisotopic (exact) mass is 239 g/mol. The molecule has 1 rings (SSSR count). The average molecular weight is 239 g/mol. The van der Waals surface area contributed by atoms with Gasteiger partial charge in [-0.3, -0.25) is 9.48 Å². The van der Waals surface area contributed by atoms with Gasteiger partial charge in [0.2, 0.25) is 5.91 Å². The summed E-state index contributed by atoms with van der Waals surface area (Å²) in [4.78, 5) is 22.6. The Hall–Kier alpha value is -1.85. The molecule has 0 aromatic carbocycles. The molecule has 6 heteroatoms. The molecule has 0 bridgehead atoms. The van der Waals surface area contributed by atoms with Gasteiger partial charge < -0.3 is 10.4 Å². The number of carbonyl (C=O) groups excluding carboxylic acids is 1. The van der Waals surface area contributed by atoms with Crippen LogP contribution >= 0.6 is 0 Å². The van der Waals surface area contributed by atoms with Crippen LogP contribution in [0.1, 0.15) is 26.7 Å². The fraction of sp³-hybridized carbons (Fsp3) is 0.545. The maximum atomic E-state index is 11.6. The molecule has 6 nitrogen and oxygen atoms in total. The molecule has 0 saturated carbocycles. The lowest BCUT2D eigenvalue weighted by molar-refractivity contribution is -0.147. The van der Waals surface area contributed by atoms with E-state index in [2.05, 4.69) is 10.4 Å². The van der Waals surface area contributed by atoms with Gasteiger partial charge >= 0.3 is 5.97 Å². The van der Waals surface area contributed by atoms with E-state index >= 15 is 0 Å². The zero-order valence-corrected chi connectivity index (χ0v) is 10.0. The second kappa shape index (κ2) is 5.47. The van der Waals surface area contributed by atoms with Crippen LogP contribution < -0.4 is 5.32 Å². The zero-order chi connectivity index (χ0) is 12.9. The van der Waals surface area contributed by atoms with Crippen molar-refractivity contribution in [3.05, 3.63) is 18.5 Å². The molecule has 1 unspecified atom stereocenters. The van der Waals surface area contributed by atoms with Crippen molar-refractivity contribution in [3.63, 3.8) is 0 Å². The minimum Gasteiger partial charge on any atom is -0.480 e. The fourth-order valence-corrected chi connectivity index (χ4v) is 1.31. The Morgan fingerprint density at radius 3 is 2.71 bits per heavy atom. The van der Waals surface area contributed by atoms with Crippen LogP contribution in [-0.4, -0.2) is 32.3 Å². The number of amides is 1. The Morgan fingerprint density at radius 2 is 2.24 bits per heavy atom. The van der Waals surface area contributed by atoms with Crippen molar-refractivity contribution in [2.45, 2.75) is 38.8 Å². The quantitative estimate of drug-likeness (QED) is 0.763. The molecular formula is C11H17N3O3. The van der Waals surface area contributed by atoms with Gasteiger partial charge in [0, 0.05) is 25.4 Å². The molecule has 1 aromatic heterocycles. The molecule has 0 aliphatic heterocycles. The van der Waals surface area contributed by atoms with E-state index < -0.39 is 11.5 Å². The number of hydrogen-bond donors (Lipinski definition) is 2. The van der Waals surface area contributed by atoms with E-state index in [0.29, 0.717) is 13.0 Å². The van der Waals surface area contributed by atoms with Crippen molar-refractivity contribution in [3.8, 4) is 0 Å². The third kappa shape index (κ3) is 3.58. The first-order valence-electron chi connectivity index (χ1n) is 5.50. The third-order valence-electron chi connectivity index (χ3n) is 2.72. The number of nitrogens with one attached hydrogen (secondary N) is 1. The lowest BCUT2D eigenvalue weighted by Gasteiger charge is -2.24. The van der Waals surface area contributed by atoms with Crippen molar-refractivity contribution in [1.29, 1.82) is 0 Å². The van der Waals surface area contributed by atoms with E-state index in [-0.39, 0.29) is 12.3 Å². The Labute approximate surface area is 99.6 Å². The van der Waals surface area contributed by atoms with E-state index in [1.807, 2.05) is 0 Å². The number of carboxylic acid groups (broad SMARTS) is 1. The smallest absolute Gasteiger partial charge is 0.329 e. The summed E-state index contributed by atoms with van der Waals surface area (Å²) in [6.45, 7) is 3.67. The summed E-state index contributed by atoms with van der Waals surface area (Å²) < 4.78 is 1.63. The topological polar surface area (TPSA) is 84.2 Å². The Kier molecular flexibility index (Phi) is 4.25. The molecular weight excluding hydrogens is 222 g/mol. The molecule has 0 saturated heterocycles. The van der Waals surface area contributed by atoms with Crippen molar-refractivity contribution in [2.75, 3.05) is 0 Å². The highest BCUT2D eigenvalue weighted by molar-refractivity contribution is 5.86. The molecule has 0 radical (unpaired) electrons. The summed E-state index contributed by atoms with van der Waals surface area (Å²) in [5.74, 6) is -1.31. The summed E-state index contributed by atoms with van der Waals surface area (Å²) in [7, 11) is 0. The molecule has 94 valence electrons. The highest BCUT2D eigenvalue weighted by atomic mass is 16.4. The standard InChI is InChI=1S/C11H17N3O3/c1-3-11(2,10(16)17)13-9(15)5-8-14-7-4-6-12-14/h4,6-7H,3,5,8H2,1-2H3,(H,13,15)(H,16,17). The normalized spacial score (nSPS) is 14.0. The van der Waals surface area contributed by atoms with Gasteiger partial charge in [-0.2, -0.15) is 5.10 Å². The minimum atomic E-state index is -1.19. The van der Waals surface area contributed by atoms with E-state index in [1.165, 1.54) is 6.92 Å². The largest absolute Gasteiger partial charge is 0.480 e. The summed E-state index contributed by atoms with van der Waals surface area (Å²) in [5, 5.41) is 15.5. The lowest BCUT2D eigenvalue weighted by Crippen LogP contribution is -2.51. The Balaban J connectivity index is 2.46. The molecule has 1 heterocycles. The summed E-state index contributed by atoms with van der Waals surface area (Å²) >= 11 is 0. The molecule has 0 aliphatic rings. The molecule has 0 spiro atoms. The van der Waals surface area contributed by atoms with Gasteiger partial charge in [0.15, 0.2) is 0 Å².